The molecule has 1 atom stereocenters. The standard InChI is InChI=1S/C38H32ClIN2O6S/c1-4-46-28-16-14-26(15-17-28)34-32(37(44)47-5-2)33(25-11-7-6-8-12-25)41-38-42(34)36(43)31(49-38)21-24-19-29(40)35(30(20-24)45-3)48-22-23-10-9-13-27(39)18-23/h6-21,34H,4-5,22H2,1-3H3/b31-21-/t34-/m1/s1. The number of aromatic nitrogens is 1. The molecule has 0 aliphatic carbocycles. The molecule has 4 aromatic carbocycles. The molecule has 1 aromatic heterocycles. The van der Waals surface area contributed by atoms with Gasteiger partial charge in [-0.05, 0) is 95.6 Å². The summed E-state index contributed by atoms with van der Waals surface area (Å²) in [5.41, 5.74) is 3.59. The van der Waals surface area contributed by atoms with Gasteiger partial charge in [0, 0.05) is 10.6 Å². The van der Waals surface area contributed by atoms with Crippen LogP contribution in [0.15, 0.2) is 106 Å². The molecule has 0 N–H and O–H groups in total. The van der Waals surface area contributed by atoms with Crippen molar-refractivity contribution in [1.82, 2.24) is 4.57 Å². The Kier molecular flexibility index (Phi) is 10.9. The fourth-order valence-electron chi connectivity index (χ4n) is 5.57. The summed E-state index contributed by atoms with van der Waals surface area (Å²) in [6, 6.07) is 27.3. The van der Waals surface area contributed by atoms with E-state index in [0.717, 1.165) is 25.8 Å². The Morgan fingerprint density at radius 1 is 0.980 bits per heavy atom. The quantitative estimate of drug-likeness (QED) is 0.104. The Morgan fingerprint density at radius 2 is 1.76 bits per heavy atom. The van der Waals surface area contributed by atoms with Gasteiger partial charge in [-0.25, -0.2) is 9.79 Å². The number of rotatable bonds is 11. The third-order valence-corrected chi connectivity index (χ3v) is 9.72. The maximum atomic E-state index is 14.3. The highest BCUT2D eigenvalue weighted by Crippen LogP contribution is 2.37. The van der Waals surface area contributed by atoms with Crippen LogP contribution in [0.3, 0.4) is 0 Å². The molecule has 0 radical (unpaired) electrons. The van der Waals surface area contributed by atoms with Crippen LogP contribution in [0.4, 0.5) is 0 Å². The number of fused-ring (bicyclic) bond motifs is 1. The third-order valence-electron chi connectivity index (χ3n) is 7.70. The Hall–Kier alpha value is -4.39. The number of halogens is 2. The van der Waals surface area contributed by atoms with Crippen molar-refractivity contribution in [2.75, 3.05) is 20.3 Å². The molecule has 1 aliphatic rings. The topological polar surface area (TPSA) is 88.4 Å². The van der Waals surface area contributed by atoms with E-state index in [2.05, 4.69) is 22.6 Å². The average molecular weight is 807 g/mol. The predicted octanol–water partition coefficient (Wildman–Crippen LogP) is 7.18. The lowest BCUT2D eigenvalue weighted by molar-refractivity contribution is -0.138. The van der Waals surface area contributed by atoms with Crippen LogP contribution in [0.2, 0.25) is 5.02 Å². The van der Waals surface area contributed by atoms with E-state index >= 15 is 0 Å². The smallest absolute Gasteiger partial charge is 0.338 e. The van der Waals surface area contributed by atoms with E-state index in [4.69, 9.17) is 35.5 Å². The van der Waals surface area contributed by atoms with Crippen LogP contribution in [-0.2, 0) is 16.1 Å². The van der Waals surface area contributed by atoms with Crippen LogP contribution < -0.4 is 29.1 Å². The monoisotopic (exact) mass is 806 g/mol. The zero-order valence-electron chi connectivity index (χ0n) is 26.9. The molecule has 0 unspecified atom stereocenters. The molecule has 250 valence electrons. The summed E-state index contributed by atoms with van der Waals surface area (Å²) in [5.74, 6) is 1.26. The SMILES string of the molecule is CCOC(=O)C1=C(c2ccccc2)N=c2s/c(=C\c3cc(I)c(OCc4cccc(Cl)c4)c(OC)c3)c(=O)n2[C@@H]1c1ccc(OCC)cc1. The second-order valence-electron chi connectivity index (χ2n) is 10.9. The number of carbonyl (C=O) groups excluding carboxylic acids is 1. The van der Waals surface area contributed by atoms with Crippen molar-refractivity contribution in [3.05, 3.63) is 147 Å². The Labute approximate surface area is 306 Å². The normalized spacial score (nSPS) is 14.2. The van der Waals surface area contributed by atoms with Crippen LogP contribution in [0.5, 0.6) is 17.2 Å². The molecule has 0 saturated carbocycles. The van der Waals surface area contributed by atoms with Crippen molar-refractivity contribution in [2.45, 2.75) is 26.5 Å². The van der Waals surface area contributed by atoms with Gasteiger partial charge in [0.15, 0.2) is 16.3 Å². The lowest BCUT2D eigenvalue weighted by atomic mass is 9.93. The molecule has 0 saturated heterocycles. The highest BCUT2D eigenvalue weighted by atomic mass is 127. The number of benzene rings is 4. The molecule has 6 rings (SSSR count). The largest absolute Gasteiger partial charge is 0.494 e. The van der Waals surface area contributed by atoms with Gasteiger partial charge >= 0.3 is 5.97 Å². The van der Waals surface area contributed by atoms with E-state index in [0.29, 0.717) is 50.5 Å². The molecule has 0 bridgehead atoms. The zero-order chi connectivity index (χ0) is 34.5. The summed E-state index contributed by atoms with van der Waals surface area (Å²) in [6.45, 7) is 4.66. The van der Waals surface area contributed by atoms with Crippen molar-refractivity contribution >= 4 is 63.3 Å². The molecule has 0 spiro atoms. The lowest BCUT2D eigenvalue weighted by Crippen LogP contribution is -2.40. The minimum atomic E-state index is -0.791. The fourth-order valence-corrected chi connectivity index (χ4v) is 7.56. The van der Waals surface area contributed by atoms with Gasteiger partial charge in [0.05, 0.1) is 45.7 Å². The summed E-state index contributed by atoms with van der Waals surface area (Å²) in [7, 11) is 1.58. The maximum Gasteiger partial charge on any atom is 0.338 e. The second-order valence-corrected chi connectivity index (χ2v) is 13.5. The first-order valence-electron chi connectivity index (χ1n) is 15.6. The molecule has 0 fully saturated rings. The third kappa shape index (κ3) is 7.46. The summed E-state index contributed by atoms with van der Waals surface area (Å²) in [6.07, 6.45) is 1.81. The Balaban J connectivity index is 1.49. The zero-order valence-corrected chi connectivity index (χ0v) is 30.7. The van der Waals surface area contributed by atoms with Crippen molar-refractivity contribution in [2.24, 2.45) is 4.99 Å². The Bertz CT molecular complexity index is 2210. The van der Waals surface area contributed by atoms with Crippen molar-refractivity contribution < 1.29 is 23.7 Å². The van der Waals surface area contributed by atoms with Gasteiger partial charge < -0.3 is 18.9 Å². The van der Waals surface area contributed by atoms with Crippen LogP contribution in [0, 0.1) is 3.57 Å². The number of methoxy groups -OCH3 is 1. The van der Waals surface area contributed by atoms with E-state index in [1.807, 2.05) is 97.9 Å². The summed E-state index contributed by atoms with van der Waals surface area (Å²) in [4.78, 5) is 33.5. The van der Waals surface area contributed by atoms with Gasteiger partial charge in [-0.2, -0.15) is 0 Å². The molecular weight excluding hydrogens is 775 g/mol. The van der Waals surface area contributed by atoms with Crippen LogP contribution in [0.1, 0.15) is 42.1 Å². The first kappa shape index (κ1) is 34.5. The number of hydrogen-bond acceptors (Lipinski definition) is 8. The Morgan fingerprint density at radius 3 is 2.45 bits per heavy atom. The second kappa shape index (κ2) is 15.4. The summed E-state index contributed by atoms with van der Waals surface area (Å²) >= 11 is 9.61. The molecule has 2 heterocycles. The van der Waals surface area contributed by atoms with Crippen LogP contribution in [0.25, 0.3) is 11.8 Å². The molecule has 8 nitrogen and oxygen atoms in total. The van der Waals surface area contributed by atoms with Gasteiger partial charge in [-0.3, -0.25) is 9.36 Å². The number of hydrogen-bond donors (Lipinski definition) is 0. The van der Waals surface area contributed by atoms with E-state index in [1.165, 1.54) is 11.3 Å². The van der Waals surface area contributed by atoms with Gasteiger partial charge in [-0.1, -0.05) is 77.5 Å². The average Bonchev–Trinajstić information content (AvgIpc) is 3.41. The highest BCUT2D eigenvalue weighted by molar-refractivity contribution is 14.1. The van der Waals surface area contributed by atoms with Crippen LogP contribution >= 0.6 is 45.5 Å². The molecule has 49 heavy (non-hydrogen) atoms. The minimum Gasteiger partial charge on any atom is -0.494 e. The number of esters is 1. The first-order valence-corrected chi connectivity index (χ1v) is 17.8. The van der Waals surface area contributed by atoms with Crippen molar-refractivity contribution in [1.29, 1.82) is 0 Å². The molecule has 11 heteroatoms. The van der Waals surface area contributed by atoms with Gasteiger partial charge in [0.2, 0.25) is 0 Å². The maximum absolute atomic E-state index is 14.3. The molecule has 5 aromatic rings. The molecule has 1 aliphatic heterocycles. The van der Waals surface area contributed by atoms with Gasteiger partial charge in [0.1, 0.15) is 12.4 Å². The summed E-state index contributed by atoms with van der Waals surface area (Å²) < 4.78 is 25.9. The van der Waals surface area contributed by atoms with Gasteiger partial charge in [0.25, 0.3) is 5.56 Å². The lowest BCUT2D eigenvalue weighted by Gasteiger charge is -2.26. The number of ether oxygens (including phenoxy) is 4. The van der Waals surface area contributed by atoms with Crippen molar-refractivity contribution in [3.8, 4) is 17.2 Å². The molecular formula is C38H32ClIN2O6S. The van der Waals surface area contributed by atoms with Gasteiger partial charge in [-0.15, -0.1) is 0 Å². The van der Waals surface area contributed by atoms with Crippen LogP contribution in [-0.4, -0.2) is 30.9 Å². The minimum absolute atomic E-state index is 0.171. The van der Waals surface area contributed by atoms with E-state index in [1.54, 1.807) is 24.7 Å². The number of nitrogens with zero attached hydrogens (tertiary/aromatic N) is 2. The van der Waals surface area contributed by atoms with E-state index in [-0.39, 0.29) is 17.7 Å². The molecule has 0 amide bonds. The predicted molar refractivity (Wildman–Crippen MR) is 200 cm³/mol. The van der Waals surface area contributed by atoms with E-state index < -0.39 is 12.0 Å². The number of carbonyl (C=O) groups is 1. The summed E-state index contributed by atoms with van der Waals surface area (Å²) in [5, 5.41) is 0.634. The van der Waals surface area contributed by atoms with Crippen molar-refractivity contribution in [3.63, 3.8) is 0 Å². The number of thiazole rings is 1. The fraction of sp³-hybridized carbons (Fsp3) is 0.184. The highest BCUT2D eigenvalue weighted by Gasteiger charge is 2.35. The van der Waals surface area contributed by atoms with E-state index in [9.17, 15) is 9.59 Å². The first-order chi connectivity index (χ1) is 23.8.